The molecule has 2 heteroatoms. The molecule has 0 heterocycles. The van der Waals surface area contributed by atoms with Crippen molar-refractivity contribution in [1.82, 2.24) is 0 Å². The minimum Gasteiger partial charge on any atom is -0.399 e. The van der Waals surface area contributed by atoms with E-state index in [1.807, 2.05) is 12.1 Å². The molecule has 1 aromatic rings. The van der Waals surface area contributed by atoms with Crippen molar-refractivity contribution in [2.45, 2.75) is 52.0 Å². The predicted octanol–water partition coefficient (Wildman–Crippen LogP) is 3.96. The fraction of sp³-hybridized carbons (Fsp3) is 0.600. The zero-order valence-electron chi connectivity index (χ0n) is 11.0. The molecule has 2 unspecified atom stereocenters. The molecule has 1 aromatic carbocycles. The summed E-state index contributed by atoms with van der Waals surface area (Å²) < 4.78 is 0. The van der Waals surface area contributed by atoms with Crippen molar-refractivity contribution in [2.75, 3.05) is 11.1 Å². The van der Waals surface area contributed by atoms with Crippen molar-refractivity contribution in [3.63, 3.8) is 0 Å². The first-order valence-electron chi connectivity index (χ1n) is 6.83. The third-order valence-electron chi connectivity index (χ3n) is 4.02. The molecule has 2 rings (SSSR count). The molecule has 2 atom stereocenters. The molecular weight excluding hydrogens is 208 g/mol. The zero-order valence-corrected chi connectivity index (χ0v) is 11.0. The van der Waals surface area contributed by atoms with Gasteiger partial charge in [0, 0.05) is 17.4 Å². The molecule has 2 nitrogen and oxygen atoms in total. The second-order valence-electron chi connectivity index (χ2n) is 5.28. The molecule has 0 spiro atoms. The fourth-order valence-electron chi connectivity index (χ4n) is 2.93. The summed E-state index contributed by atoms with van der Waals surface area (Å²) in [6, 6.07) is 6.80. The summed E-state index contributed by atoms with van der Waals surface area (Å²) in [4.78, 5) is 0. The van der Waals surface area contributed by atoms with E-state index in [4.69, 9.17) is 5.73 Å². The third kappa shape index (κ3) is 2.93. The highest BCUT2D eigenvalue weighted by atomic mass is 14.9. The van der Waals surface area contributed by atoms with Crippen molar-refractivity contribution < 1.29 is 0 Å². The van der Waals surface area contributed by atoms with E-state index in [1.54, 1.807) is 0 Å². The van der Waals surface area contributed by atoms with E-state index in [2.05, 4.69) is 25.2 Å². The SMILES string of the molecule is CCC1CCCCC1Nc1ccc(N)cc1C. The number of nitrogens with two attached hydrogens (primary N) is 1. The van der Waals surface area contributed by atoms with Gasteiger partial charge in [0.2, 0.25) is 0 Å². The fourth-order valence-corrected chi connectivity index (χ4v) is 2.93. The van der Waals surface area contributed by atoms with E-state index >= 15 is 0 Å². The number of hydrogen-bond acceptors (Lipinski definition) is 2. The van der Waals surface area contributed by atoms with Gasteiger partial charge < -0.3 is 11.1 Å². The Labute approximate surface area is 105 Å². The number of aryl methyl sites for hydroxylation is 1. The zero-order chi connectivity index (χ0) is 12.3. The van der Waals surface area contributed by atoms with Crippen molar-refractivity contribution in [2.24, 2.45) is 5.92 Å². The van der Waals surface area contributed by atoms with Gasteiger partial charge in [-0.15, -0.1) is 0 Å². The highest BCUT2D eigenvalue weighted by Gasteiger charge is 2.23. The van der Waals surface area contributed by atoms with Crippen molar-refractivity contribution >= 4 is 11.4 Å². The molecular formula is C15H24N2. The van der Waals surface area contributed by atoms with Gasteiger partial charge in [0.1, 0.15) is 0 Å². The molecule has 1 fully saturated rings. The number of anilines is 2. The predicted molar refractivity (Wildman–Crippen MR) is 75.3 cm³/mol. The van der Waals surface area contributed by atoms with Crippen molar-refractivity contribution in [3.8, 4) is 0 Å². The van der Waals surface area contributed by atoms with Crippen LogP contribution in [-0.2, 0) is 0 Å². The monoisotopic (exact) mass is 232 g/mol. The summed E-state index contributed by atoms with van der Waals surface area (Å²) in [6.45, 7) is 4.43. The van der Waals surface area contributed by atoms with Gasteiger partial charge in [0.25, 0.3) is 0 Å². The molecule has 1 aliphatic rings. The number of benzene rings is 1. The second kappa shape index (κ2) is 5.44. The average Bonchev–Trinajstić information content (AvgIpc) is 2.33. The first kappa shape index (κ1) is 12.3. The minimum atomic E-state index is 0.649. The highest BCUT2D eigenvalue weighted by Crippen LogP contribution is 2.30. The van der Waals surface area contributed by atoms with Crippen LogP contribution in [-0.4, -0.2) is 6.04 Å². The number of nitrogen functional groups attached to an aromatic ring is 1. The van der Waals surface area contributed by atoms with Gasteiger partial charge in [0.15, 0.2) is 0 Å². The molecule has 0 saturated heterocycles. The van der Waals surface area contributed by atoms with Crippen LogP contribution in [0.25, 0.3) is 0 Å². The standard InChI is InChI=1S/C15H24N2/c1-3-12-6-4-5-7-15(12)17-14-9-8-13(16)10-11(14)2/h8-10,12,15,17H,3-7,16H2,1-2H3. The van der Waals surface area contributed by atoms with Gasteiger partial charge in [-0.05, 0) is 49.4 Å². The van der Waals surface area contributed by atoms with Crippen LogP contribution in [0.15, 0.2) is 18.2 Å². The average molecular weight is 232 g/mol. The van der Waals surface area contributed by atoms with E-state index < -0.39 is 0 Å². The maximum absolute atomic E-state index is 5.79. The smallest absolute Gasteiger partial charge is 0.0373 e. The maximum atomic E-state index is 5.79. The topological polar surface area (TPSA) is 38.0 Å². The summed E-state index contributed by atoms with van der Waals surface area (Å²) in [6.07, 6.45) is 6.73. The molecule has 0 aliphatic heterocycles. The second-order valence-corrected chi connectivity index (χ2v) is 5.28. The van der Waals surface area contributed by atoms with Gasteiger partial charge in [-0.2, -0.15) is 0 Å². The molecule has 0 aromatic heterocycles. The Morgan fingerprint density at radius 1 is 1.29 bits per heavy atom. The Balaban J connectivity index is 2.08. The summed E-state index contributed by atoms with van der Waals surface area (Å²) in [5.41, 5.74) is 9.15. The van der Waals surface area contributed by atoms with Gasteiger partial charge in [0.05, 0.1) is 0 Å². The minimum absolute atomic E-state index is 0.649. The Kier molecular flexibility index (Phi) is 3.93. The van der Waals surface area contributed by atoms with E-state index in [0.29, 0.717) is 6.04 Å². The summed E-state index contributed by atoms with van der Waals surface area (Å²) in [7, 11) is 0. The van der Waals surface area contributed by atoms with Crippen LogP contribution in [0.3, 0.4) is 0 Å². The van der Waals surface area contributed by atoms with Crippen LogP contribution in [0.2, 0.25) is 0 Å². The van der Waals surface area contributed by atoms with Crippen LogP contribution in [0.1, 0.15) is 44.6 Å². The normalized spacial score (nSPS) is 24.6. The van der Waals surface area contributed by atoms with Gasteiger partial charge >= 0.3 is 0 Å². The molecule has 0 bridgehead atoms. The Morgan fingerprint density at radius 2 is 2.06 bits per heavy atom. The van der Waals surface area contributed by atoms with Gasteiger partial charge in [-0.3, -0.25) is 0 Å². The lowest BCUT2D eigenvalue weighted by Crippen LogP contribution is -2.32. The largest absolute Gasteiger partial charge is 0.399 e. The molecule has 3 N–H and O–H groups in total. The van der Waals surface area contributed by atoms with Crippen LogP contribution in [0.5, 0.6) is 0 Å². The van der Waals surface area contributed by atoms with Crippen molar-refractivity contribution in [1.29, 1.82) is 0 Å². The van der Waals surface area contributed by atoms with Gasteiger partial charge in [-0.25, -0.2) is 0 Å². The molecule has 0 amide bonds. The molecule has 1 saturated carbocycles. The van der Waals surface area contributed by atoms with Crippen LogP contribution >= 0.6 is 0 Å². The molecule has 94 valence electrons. The molecule has 0 radical (unpaired) electrons. The first-order chi connectivity index (χ1) is 8.20. The lowest BCUT2D eigenvalue weighted by Gasteiger charge is -2.32. The van der Waals surface area contributed by atoms with Crippen LogP contribution < -0.4 is 11.1 Å². The van der Waals surface area contributed by atoms with E-state index in [9.17, 15) is 0 Å². The van der Waals surface area contributed by atoms with Crippen LogP contribution in [0.4, 0.5) is 11.4 Å². The lowest BCUT2D eigenvalue weighted by molar-refractivity contribution is 0.317. The Hall–Kier alpha value is -1.18. The maximum Gasteiger partial charge on any atom is 0.0373 e. The highest BCUT2D eigenvalue weighted by molar-refractivity contribution is 5.58. The number of hydrogen-bond donors (Lipinski definition) is 2. The molecule has 1 aliphatic carbocycles. The Bertz CT molecular complexity index is 373. The number of rotatable bonds is 3. The number of nitrogens with one attached hydrogen (secondary N) is 1. The quantitative estimate of drug-likeness (QED) is 0.774. The van der Waals surface area contributed by atoms with Crippen LogP contribution in [0, 0.1) is 12.8 Å². The van der Waals surface area contributed by atoms with Crippen molar-refractivity contribution in [3.05, 3.63) is 23.8 Å². The van der Waals surface area contributed by atoms with E-state index in [1.165, 1.54) is 43.4 Å². The summed E-state index contributed by atoms with van der Waals surface area (Å²) in [5, 5.41) is 3.72. The van der Waals surface area contributed by atoms with E-state index in [-0.39, 0.29) is 0 Å². The summed E-state index contributed by atoms with van der Waals surface area (Å²) >= 11 is 0. The lowest BCUT2D eigenvalue weighted by atomic mass is 9.82. The first-order valence-corrected chi connectivity index (χ1v) is 6.83. The third-order valence-corrected chi connectivity index (χ3v) is 4.02. The Morgan fingerprint density at radius 3 is 2.76 bits per heavy atom. The summed E-state index contributed by atoms with van der Waals surface area (Å²) in [5.74, 6) is 0.834. The van der Waals surface area contributed by atoms with Gasteiger partial charge in [-0.1, -0.05) is 26.2 Å². The molecule has 17 heavy (non-hydrogen) atoms. The van der Waals surface area contributed by atoms with E-state index in [0.717, 1.165) is 11.6 Å².